The van der Waals surface area contributed by atoms with Gasteiger partial charge in [0.1, 0.15) is 15.4 Å². The molecular weight excluding hydrogens is 465 g/mol. The van der Waals surface area contributed by atoms with Crippen LogP contribution in [0.1, 0.15) is 85.4 Å². The largest absolute Gasteiger partial charge is 0.351 e. The number of aryl methyl sites for hydroxylation is 1. The number of rotatable bonds is 6. The molecule has 5 nitrogen and oxygen atoms in total. The number of carbonyl (C=O) groups is 2. The van der Waals surface area contributed by atoms with Crippen molar-refractivity contribution in [3.8, 4) is 0 Å². The van der Waals surface area contributed by atoms with Crippen LogP contribution in [0.5, 0.6) is 0 Å². The van der Waals surface area contributed by atoms with Gasteiger partial charge in [-0.05, 0) is 49.7 Å². The predicted octanol–water partition coefficient (Wildman–Crippen LogP) is 6.33. The first-order valence-electron chi connectivity index (χ1n) is 11.5. The first kappa shape index (κ1) is 23.5. The Labute approximate surface area is 203 Å². The van der Waals surface area contributed by atoms with Crippen molar-refractivity contribution >= 4 is 46.5 Å². The van der Waals surface area contributed by atoms with Crippen LogP contribution in [0.15, 0.2) is 24.3 Å². The monoisotopic (exact) mass is 493 g/mol. The normalized spacial score (nSPS) is 18.5. The van der Waals surface area contributed by atoms with Crippen molar-refractivity contribution in [1.82, 2.24) is 14.6 Å². The Morgan fingerprint density at radius 1 is 1.03 bits per heavy atom. The lowest BCUT2D eigenvalue weighted by Gasteiger charge is -2.39. The Bertz CT molecular complexity index is 951. The minimum Gasteiger partial charge on any atom is -0.351 e. The number of nitrogens with one attached hydrogen (secondary N) is 1. The molecule has 32 heavy (non-hydrogen) atoms. The summed E-state index contributed by atoms with van der Waals surface area (Å²) < 4.78 is 4.53. The predicted molar refractivity (Wildman–Crippen MR) is 129 cm³/mol. The summed E-state index contributed by atoms with van der Waals surface area (Å²) in [5, 5.41) is 3.40. The summed E-state index contributed by atoms with van der Waals surface area (Å²) >= 11 is 13.5. The minimum atomic E-state index is -0.733. The molecular formula is C24H29Cl2N3O2S. The molecule has 172 valence electrons. The van der Waals surface area contributed by atoms with Crippen LogP contribution in [0.2, 0.25) is 9.36 Å². The van der Waals surface area contributed by atoms with Crippen LogP contribution in [0.3, 0.4) is 0 Å². The number of benzene rings is 1. The second kappa shape index (κ2) is 10.5. The zero-order chi connectivity index (χ0) is 22.7. The number of halogens is 2. The molecule has 0 radical (unpaired) electrons. The minimum absolute atomic E-state index is 0.0478. The summed E-state index contributed by atoms with van der Waals surface area (Å²) in [5.41, 5.74) is 2.05. The second-order valence-electron chi connectivity index (χ2n) is 8.93. The topological polar surface area (TPSA) is 62.3 Å². The number of amides is 2. The van der Waals surface area contributed by atoms with E-state index in [1.165, 1.54) is 0 Å². The van der Waals surface area contributed by atoms with Gasteiger partial charge >= 0.3 is 0 Å². The Kier molecular flexibility index (Phi) is 7.74. The van der Waals surface area contributed by atoms with E-state index in [2.05, 4.69) is 9.69 Å². The van der Waals surface area contributed by atoms with Crippen molar-refractivity contribution < 1.29 is 9.59 Å². The average Bonchev–Trinajstić information content (AvgIpc) is 3.43. The fraction of sp³-hybridized carbons (Fsp3) is 0.542. The molecule has 2 fully saturated rings. The first-order chi connectivity index (χ1) is 15.5. The molecule has 2 saturated carbocycles. The van der Waals surface area contributed by atoms with Gasteiger partial charge in [0.25, 0.3) is 5.91 Å². The lowest BCUT2D eigenvalue weighted by Crippen LogP contribution is -2.50. The van der Waals surface area contributed by atoms with Crippen molar-refractivity contribution in [1.29, 1.82) is 0 Å². The molecule has 1 aromatic carbocycles. The third kappa shape index (κ3) is 5.13. The molecule has 1 aromatic heterocycles. The van der Waals surface area contributed by atoms with E-state index in [1.54, 1.807) is 4.90 Å². The molecule has 2 aliphatic carbocycles. The maximum Gasteiger partial charge on any atom is 0.276 e. The van der Waals surface area contributed by atoms with Gasteiger partial charge in [-0.1, -0.05) is 85.1 Å². The Hall–Kier alpha value is -1.63. The van der Waals surface area contributed by atoms with Crippen LogP contribution in [0, 0.1) is 6.92 Å². The molecule has 2 aromatic rings. The van der Waals surface area contributed by atoms with Crippen molar-refractivity contribution in [3.63, 3.8) is 0 Å². The summed E-state index contributed by atoms with van der Waals surface area (Å²) in [7, 11) is 0. The van der Waals surface area contributed by atoms with E-state index in [0.29, 0.717) is 4.34 Å². The smallest absolute Gasteiger partial charge is 0.276 e. The SMILES string of the molecule is Cc1ccc(C(C(=O)NC2CCCC2)N(C(=O)c2nsc(Cl)c2Cl)C2CCCCC2)cc1. The number of nitrogens with zero attached hydrogens (tertiary/aromatic N) is 2. The molecule has 8 heteroatoms. The zero-order valence-corrected chi connectivity index (χ0v) is 20.6. The highest BCUT2D eigenvalue weighted by Crippen LogP contribution is 2.36. The Morgan fingerprint density at radius 3 is 2.25 bits per heavy atom. The number of hydrogen-bond acceptors (Lipinski definition) is 4. The van der Waals surface area contributed by atoms with E-state index in [-0.39, 0.29) is 34.6 Å². The van der Waals surface area contributed by atoms with Gasteiger partial charge in [-0.2, -0.15) is 4.37 Å². The zero-order valence-electron chi connectivity index (χ0n) is 18.3. The Balaban J connectivity index is 1.75. The molecule has 4 rings (SSSR count). The first-order valence-corrected chi connectivity index (χ1v) is 13.0. The van der Waals surface area contributed by atoms with Gasteiger partial charge in [-0.15, -0.1) is 0 Å². The quantitative estimate of drug-likeness (QED) is 0.510. The molecule has 1 atom stereocenters. The van der Waals surface area contributed by atoms with E-state index >= 15 is 0 Å². The maximum absolute atomic E-state index is 13.8. The maximum atomic E-state index is 13.8. The summed E-state index contributed by atoms with van der Waals surface area (Å²) in [6, 6.07) is 7.26. The highest BCUT2D eigenvalue weighted by Gasteiger charge is 2.39. The van der Waals surface area contributed by atoms with E-state index in [1.807, 2.05) is 31.2 Å². The van der Waals surface area contributed by atoms with Gasteiger partial charge in [0.15, 0.2) is 5.69 Å². The Morgan fingerprint density at radius 2 is 1.66 bits per heavy atom. The highest BCUT2D eigenvalue weighted by atomic mass is 35.5. The van der Waals surface area contributed by atoms with E-state index in [9.17, 15) is 9.59 Å². The molecule has 2 amide bonds. The number of hydrogen-bond donors (Lipinski definition) is 1. The average molecular weight is 494 g/mol. The highest BCUT2D eigenvalue weighted by molar-refractivity contribution is 7.11. The van der Waals surface area contributed by atoms with Crippen LogP contribution in [-0.2, 0) is 4.79 Å². The molecule has 0 bridgehead atoms. The summed E-state index contributed by atoms with van der Waals surface area (Å²) in [5.74, 6) is -0.450. The van der Waals surface area contributed by atoms with E-state index in [4.69, 9.17) is 23.2 Å². The van der Waals surface area contributed by atoms with Crippen LogP contribution < -0.4 is 5.32 Å². The van der Waals surface area contributed by atoms with Gasteiger partial charge in [0.2, 0.25) is 5.91 Å². The lowest BCUT2D eigenvalue weighted by atomic mass is 9.91. The molecule has 0 saturated heterocycles. The summed E-state index contributed by atoms with van der Waals surface area (Å²) in [4.78, 5) is 29.3. The van der Waals surface area contributed by atoms with Crippen molar-refractivity contribution in [3.05, 3.63) is 50.4 Å². The van der Waals surface area contributed by atoms with Crippen molar-refractivity contribution in [2.75, 3.05) is 0 Å². The fourth-order valence-corrected chi connectivity index (χ4v) is 5.89. The van der Waals surface area contributed by atoms with Gasteiger partial charge in [0, 0.05) is 12.1 Å². The lowest BCUT2D eigenvalue weighted by molar-refractivity contribution is -0.127. The van der Waals surface area contributed by atoms with Crippen LogP contribution >= 0.6 is 34.7 Å². The van der Waals surface area contributed by atoms with Crippen LogP contribution in [-0.4, -0.2) is 33.2 Å². The molecule has 0 aliphatic heterocycles. The number of aromatic nitrogens is 1. The van der Waals surface area contributed by atoms with Gasteiger partial charge in [0.05, 0.1) is 0 Å². The standard InChI is InChI=1S/C24H29Cl2N3O2S/c1-15-11-13-16(14-12-15)21(23(30)27-17-7-5-6-8-17)29(18-9-3-2-4-10-18)24(31)20-19(25)22(26)32-28-20/h11-14,17-18,21H,2-10H2,1H3,(H,27,30). The summed E-state index contributed by atoms with van der Waals surface area (Å²) in [6.45, 7) is 2.01. The fourth-order valence-electron chi connectivity index (χ4n) is 4.90. The van der Waals surface area contributed by atoms with Crippen molar-refractivity contribution in [2.45, 2.75) is 82.8 Å². The molecule has 0 spiro atoms. The van der Waals surface area contributed by atoms with E-state index < -0.39 is 6.04 Å². The van der Waals surface area contributed by atoms with Crippen LogP contribution in [0.4, 0.5) is 0 Å². The second-order valence-corrected chi connectivity index (χ2v) is 10.7. The van der Waals surface area contributed by atoms with E-state index in [0.717, 1.165) is 80.4 Å². The molecule has 1 N–H and O–H groups in total. The molecule has 2 aliphatic rings. The van der Waals surface area contributed by atoms with Gasteiger partial charge < -0.3 is 10.2 Å². The van der Waals surface area contributed by atoms with Crippen LogP contribution in [0.25, 0.3) is 0 Å². The third-order valence-corrected chi connectivity index (χ3v) is 8.23. The summed E-state index contributed by atoms with van der Waals surface area (Å²) in [6.07, 6.45) is 9.15. The van der Waals surface area contributed by atoms with Gasteiger partial charge in [-0.25, -0.2) is 0 Å². The number of carbonyl (C=O) groups excluding carboxylic acids is 2. The molecule has 1 heterocycles. The third-order valence-electron chi connectivity index (χ3n) is 6.62. The van der Waals surface area contributed by atoms with Gasteiger partial charge in [-0.3, -0.25) is 9.59 Å². The van der Waals surface area contributed by atoms with Crippen molar-refractivity contribution in [2.24, 2.45) is 0 Å². The molecule has 1 unspecified atom stereocenters.